The smallest absolute Gasteiger partial charge is 0.262 e. The molecule has 71 heavy (non-hydrogen) atoms. The highest BCUT2D eigenvalue weighted by atomic mass is 79.9. The van der Waals surface area contributed by atoms with Crippen molar-refractivity contribution in [2.45, 2.75) is 84.7 Å². The Morgan fingerprint density at radius 3 is 2.30 bits per heavy atom. The number of benzene rings is 2. The second-order valence-corrected chi connectivity index (χ2v) is 19.0. The number of hydrogen-bond donors (Lipinski definition) is 1. The van der Waals surface area contributed by atoms with Crippen LogP contribution in [-0.4, -0.2) is 102 Å². The Morgan fingerprint density at radius 1 is 0.930 bits per heavy atom. The lowest BCUT2D eigenvalue weighted by molar-refractivity contribution is -0.124. The molecule has 5 aromatic rings. The van der Waals surface area contributed by atoms with Crippen molar-refractivity contribution in [3.8, 4) is 16.8 Å². The molecule has 0 aliphatic carbocycles. The third-order valence-electron chi connectivity index (χ3n) is 11.3. The van der Waals surface area contributed by atoms with Gasteiger partial charge in [-0.25, -0.2) is 4.98 Å². The number of nitrogens with one attached hydrogen (secondary N) is 1. The molecular weight excluding hydrogens is 1010 g/mol. The maximum Gasteiger partial charge on any atom is 0.262 e. The van der Waals surface area contributed by atoms with Gasteiger partial charge >= 0.3 is 0 Å². The van der Waals surface area contributed by atoms with E-state index in [1.165, 1.54) is 17.2 Å². The molecule has 374 valence electrons. The maximum atomic E-state index is 13.3. The number of aromatic nitrogens is 4. The fraction of sp³-hybridized carbons (Fsp3) is 0.404. The van der Waals surface area contributed by atoms with Crippen LogP contribution in [-0.2, 0) is 33.4 Å². The highest BCUT2D eigenvalue weighted by molar-refractivity contribution is 9.10. The Hall–Kier alpha value is -5.94. The number of ether oxygens (including phenoxy) is 4. The number of amides is 1. The zero-order valence-corrected chi connectivity index (χ0v) is 43.5. The van der Waals surface area contributed by atoms with Gasteiger partial charge in [-0.15, -0.1) is 21.5 Å². The van der Waals surface area contributed by atoms with Crippen LogP contribution in [0.25, 0.3) is 11.1 Å². The van der Waals surface area contributed by atoms with E-state index in [1.807, 2.05) is 60.9 Å². The van der Waals surface area contributed by atoms with Gasteiger partial charge in [0.2, 0.25) is 0 Å². The first kappa shape index (κ1) is 54.4. The largest absolute Gasteiger partial charge is 0.488 e. The maximum absolute atomic E-state index is 13.3. The molecule has 3 aromatic heterocycles. The molecule has 6 rings (SSSR count). The van der Waals surface area contributed by atoms with Crippen LogP contribution in [0.4, 0.5) is 0 Å². The molecule has 2 aromatic carbocycles. The van der Waals surface area contributed by atoms with Gasteiger partial charge in [-0.2, -0.15) is 5.26 Å². The van der Waals surface area contributed by atoms with Crippen molar-refractivity contribution in [3.63, 3.8) is 0 Å². The van der Waals surface area contributed by atoms with Gasteiger partial charge in [-0.05, 0) is 110 Å². The van der Waals surface area contributed by atoms with E-state index in [9.17, 15) is 19.6 Å². The number of hydrogen-bond acceptors (Lipinski definition) is 15. The summed E-state index contributed by atoms with van der Waals surface area (Å²) in [7, 11) is 0. The van der Waals surface area contributed by atoms with Crippen molar-refractivity contribution >= 4 is 74.3 Å². The molecule has 1 aliphatic rings. The molecule has 0 spiro atoms. The van der Waals surface area contributed by atoms with Gasteiger partial charge in [0.1, 0.15) is 51.3 Å². The lowest BCUT2D eigenvalue weighted by Crippen LogP contribution is -2.29. The third-order valence-corrected chi connectivity index (χ3v) is 13.2. The summed E-state index contributed by atoms with van der Waals surface area (Å²) in [6.07, 6.45) is 6.33. The van der Waals surface area contributed by atoms with Gasteiger partial charge < -0.3 is 29.1 Å². The Kier molecular flexibility index (Phi) is 21.6. The van der Waals surface area contributed by atoms with E-state index in [0.29, 0.717) is 98.6 Å². The zero-order valence-electron chi connectivity index (χ0n) is 40.3. The quantitative estimate of drug-likeness (QED) is 0.0119. The van der Waals surface area contributed by atoms with Crippen LogP contribution < -0.4 is 10.1 Å². The Morgan fingerprint density at radius 2 is 1.62 bits per heavy atom. The number of ketones is 2. The number of pyridine rings is 1. The lowest BCUT2D eigenvalue weighted by atomic mass is 9.99. The number of nitriles is 1. The standard InChI is InChI=1S/C52H58BrClN8O8S/c1-5-9-45(59-51(65)39(32-55)30-41-10-6-13-47(53)57-41)37-16-20-44(21-17-37)69-25-22-56-70-33-43(64)12-8-24-67-27-29-68-28-26-66-23-7-11-42(63)31-46-50-61-60-36(4)62(50)52-48(34(2)35(3)71-52)49(58-46)38-14-18-40(54)19-15-38/h6,10,13-22,30,45-46H,5,7-9,11-12,23-29,31,33H2,1-4H3,(H,59,65)/b39-30+,56-22?/t45?,46-/m0/s1. The lowest BCUT2D eigenvalue weighted by Gasteiger charge is -2.19. The van der Waals surface area contributed by atoms with Gasteiger partial charge in [0.05, 0.1) is 50.1 Å². The number of carbonyl (C=O) groups is 3. The summed E-state index contributed by atoms with van der Waals surface area (Å²) in [6.45, 7) is 10.5. The number of halogens is 2. The first-order valence-electron chi connectivity index (χ1n) is 23.5. The van der Waals surface area contributed by atoms with Gasteiger partial charge in [0.25, 0.3) is 5.91 Å². The van der Waals surface area contributed by atoms with Crippen LogP contribution in [0, 0.1) is 32.1 Å². The molecule has 0 bridgehead atoms. The number of rotatable bonds is 29. The number of aliphatic imine (C=N–C) groups is 1. The average molecular weight is 1070 g/mol. The highest BCUT2D eigenvalue weighted by Crippen LogP contribution is 2.40. The van der Waals surface area contributed by atoms with E-state index >= 15 is 0 Å². The van der Waals surface area contributed by atoms with Gasteiger partial charge in [-0.3, -0.25) is 23.9 Å². The molecule has 0 saturated heterocycles. The molecule has 0 radical (unpaired) electrons. The third kappa shape index (κ3) is 16.3. The Labute approximate surface area is 431 Å². The normalized spacial score (nSPS) is 13.7. The second kappa shape index (κ2) is 28.2. The van der Waals surface area contributed by atoms with E-state index in [0.717, 1.165) is 45.2 Å². The summed E-state index contributed by atoms with van der Waals surface area (Å²) >= 11 is 11.2. The van der Waals surface area contributed by atoms with Crippen LogP contribution in [0.1, 0.15) is 108 Å². The molecule has 0 fully saturated rings. The molecule has 1 N–H and O–H groups in total. The molecule has 16 nitrogen and oxygen atoms in total. The van der Waals surface area contributed by atoms with Crippen molar-refractivity contribution in [2.75, 3.05) is 52.9 Å². The molecule has 1 aliphatic heterocycles. The summed E-state index contributed by atoms with van der Waals surface area (Å²) in [5.41, 5.74) is 5.24. The highest BCUT2D eigenvalue weighted by Gasteiger charge is 2.32. The summed E-state index contributed by atoms with van der Waals surface area (Å²) in [4.78, 5) is 54.3. The molecule has 0 saturated carbocycles. The van der Waals surface area contributed by atoms with E-state index in [-0.39, 0.29) is 42.8 Å². The predicted octanol–water partition coefficient (Wildman–Crippen LogP) is 9.74. The van der Waals surface area contributed by atoms with E-state index in [1.54, 1.807) is 41.7 Å². The number of aryl methyl sites for hydroxylation is 2. The van der Waals surface area contributed by atoms with Crippen LogP contribution >= 0.6 is 38.9 Å². The zero-order chi connectivity index (χ0) is 50.5. The molecule has 2 atom stereocenters. The number of fused-ring (bicyclic) bond motifs is 3. The average Bonchev–Trinajstić information content (AvgIpc) is 3.84. The minimum atomic E-state index is -0.495. The van der Waals surface area contributed by atoms with Crippen molar-refractivity contribution in [3.05, 3.63) is 126 Å². The first-order chi connectivity index (χ1) is 34.4. The van der Waals surface area contributed by atoms with Crippen molar-refractivity contribution in [2.24, 2.45) is 10.1 Å². The Balaban J connectivity index is 0.782. The number of thiophene rings is 1. The molecular formula is C52H58BrClN8O8S. The summed E-state index contributed by atoms with van der Waals surface area (Å²) in [5, 5.41) is 26.9. The van der Waals surface area contributed by atoms with Crippen LogP contribution in [0.5, 0.6) is 5.75 Å². The topological polar surface area (TPSA) is 202 Å². The summed E-state index contributed by atoms with van der Waals surface area (Å²) < 4.78 is 25.3. The Bertz CT molecular complexity index is 2720. The molecule has 1 amide bonds. The molecule has 19 heteroatoms. The monoisotopic (exact) mass is 1070 g/mol. The molecule has 1 unspecified atom stereocenters. The minimum absolute atomic E-state index is 0.0401. The predicted molar refractivity (Wildman–Crippen MR) is 277 cm³/mol. The van der Waals surface area contributed by atoms with E-state index in [2.05, 4.69) is 55.4 Å². The van der Waals surface area contributed by atoms with Gasteiger partial charge in [-0.1, -0.05) is 60.4 Å². The summed E-state index contributed by atoms with van der Waals surface area (Å²) in [5.74, 6) is 1.49. The van der Waals surface area contributed by atoms with E-state index in [4.69, 9.17) is 40.4 Å². The molecule has 4 heterocycles. The summed E-state index contributed by atoms with van der Waals surface area (Å²) in [6, 6.07) is 21.4. The van der Waals surface area contributed by atoms with Crippen LogP contribution in [0.3, 0.4) is 0 Å². The van der Waals surface area contributed by atoms with Crippen LogP contribution in [0.2, 0.25) is 5.02 Å². The van der Waals surface area contributed by atoms with Gasteiger partial charge in [0.15, 0.2) is 18.2 Å². The van der Waals surface area contributed by atoms with Crippen molar-refractivity contribution in [1.82, 2.24) is 25.1 Å². The fourth-order valence-corrected chi connectivity index (χ4v) is 9.27. The SMILES string of the molecule is CCCC(NC(=O)/C(C#N)=C/c1cccc(Br)n1)c1ccc(OCC=NOCC(=O)CCCOCCOCCOCCCC(=O)C[C@@H]2N=C(c3ccc(Cl)cc3)c3c(sc(C)c3C)-n3c(C)nnc32)cc1. The second-order valence-electron chi connectivity index (χ2n) is 16.5. The minimum Gasteiger partial charge on any atom is -0.488 e. The first-order valence-corrected chi connectivity index (χ1v) is 25.5. The number of Topliss-reactive ketones (excluding diaryl/α,β-unsaturated/α-hetero) is 2. The van der Waals surface area contributed by atoms with Crippen molar-refractivity contribution in [1.29, 1.82) is 5.26 Å². The fourth-order valence-electron chi connectivity index (χ4n) is 7.58. The van der Waals surface area contributed by atoms with Crippen LogP contribution in [0.15, 0.2) is 87.1 Å². The number of carbonyl (C=O) groups excluding carboxylic acids is 3. The van der Waals surface area contributed by atoms with E-state index < -0.39 is 11.9 Å². The number of oxime groups is 1. The number of nitrogens with zero attached hydrogens (tertiary/aromatic N) is 7. The van der Waals surface area contributed by atoms with Gasteiger partial charge in [0, 0.05) is 53.5 Å². The van der Waals surface area contributed by atoms with Crippen molar-refractivity contribution < 1.29 is 38.2 Å².